The number of rotatable bonds is 3. The van der Waals surface area contributed by atoms with Crippen molar-refractivity contribution in [2.45, 2.75) is 12.8 Å². The topological polar surface area (TPSA) is 43.1 Å². The van der Waals surface area contributed by atoms with Gasteiger partial charge in [0, 0.05) is 5.69 Å². The number of ketones is 1. The molecule has 0 heterocycles. The van der Waals surface area contributed by atoms with Gasteiger partial charge in [0.05, 0.1) is 5.92 Å². The second kappa shape index (κ2) is 5.00. The molecular weight excluding hydrogens is 229 g/mol. The summed E-state index contributed by atoms with van der Waals surface area (Å²) in [6, 6.07) is 13.2. The van der Waals surface area contributed by atoms with Crippen LogP contribution in [0.4, 0.5) is 10.1 Å². The fourth-order valence-electron chi connectivity index (χ4n) is 2.01. The zero-order valence-electron chi connectivity index (χ0n) is 10.1. The SMILES string of the molecule is CC(=O)C(c1ccc(N)cc1)c1ccc(F)cc1. The molecule has 0 radical (unpaired) electrons. The minimum atomic E-state index is -0.369. The van der Waals surface area contributed by atoms with E-state index in [0.29, 0.717) is 5.69 Å². The summed E-state index contributed by atoms with van der Waals surface area (Å²) >= 11 is 0. The molecule has 0 saturated carbocycles. The number of nitrogens with two attached hydrogens (primary N) is 1. The van der Waals surface area contributed by atoms with Crippen LogP contribution in [0.3, 0.4) is 0 Å². The highest BCUT2D eigenvalue weighted by atomic mass is 19.1. The van der Waals surface area contributed by atoms with E-state index in [1.54, 1.807) is 24.3 Å². The fourth-order valence-corrected chi connectivity index (χ4v) is 2.01. The molecule has 0 bridgehead atoms. The van der Waals surface area contributed by atoms with Gasteiger partial charge in [0.25, 0.3) is 0 Å². The van der Waals surface area contributed by atoms with Crippen LogP contribution in [0.25, 0.3) is 0 Å². The normalized spacial score (nSPS) is 12.1. The highest BCUT2D eigenvalue weighted by molar-refractivity contribution is 5.87. The lowest BCUT2D eigenvalue weighted by atomic mass is 9.88. The van der Waals surface area contributed by atoms with Crippen LogP contribution in [0, 0.1) is 5.82 Å². The summed E-state index contributed by atoms with van der Waals surface area (Å²) in [4.78, 5) is 11.8. The molecular formula is C15H14FNO. The third-order valence-corrected chi connectivity index (χ3v) is 2.88. The number of carbonyl (C=O) groups is 1. The van der Waals surface area contributed by atoms with Crippen LogP contribution in [0.1, 0.15) is 24.0 Å². The minimum absolute atomic E-state index is 0.0198. The molecule has 2 rings (SSSR count). The maximum Gasteiger partial charge on any atom is 0.141 e. The van der Waals surface area contributed by atoms with E-state index >= 15 is 0 Å². The smallest absolute Gasteiger partial charge is 0.141 e. The quantitative estimate of drug-likeness (QED) is 0.841. The first-order chi connectivity index (χ1) is 8.58. The summed E-state index contributed by atoms with van der Waals surface area (Å²) in [6.07, 6.45) is 0. The van der Waals surface area contributed by atoms with Gasteiger partial charge in [-0.3, -0.25) is 4.79 Å². The Kier molecular flexibility index (Phi) is 3.42. The molecule has 0 aliphatic heterocycles. The van der Waals surface area contributed by atoms with E-state index in [-0.39, 0.29) is 17.5 Å². The van der Waals surface area contributed by atoms with E-state index in [1.165, 1.54) is 19.1 Å². The van der Waals surface area contributed by atoms with E-state index < -0.39 is 0 Å². The molecule has 0 amide bonds. The average Bonchev–Trinajstić information content (AvgIpc) is 2.34. The molecule has 3 heteroatoms. The number of hydrogen-bond acceptors (Lipinski definition) is 2. The first kappa shape index (κ1) is 12.3. The summed E-state index contributed by atoms with van der Waals surface area (Å²) < 4.78 is 12.9. The molecule has 0 aromatic heterocycles. The van der Waals surface area contributed by atoms with E-state index in [0.717, 1.165) is 11.1 Å². The molecule has 0 spiro atoms. The molecule has 0 aliphatic carbocycles. The van der Waals surface area contributed by atoms with Gasteiger partial charge in [-0.1, -0.05) is 24.3 Å². The number of Topliss-reactive ketones (excluding diaryl/α,β-unsaturated/α-hetero) is 1. The van der Waals surface area contributed by atoms with Gasteiger partial charge >= 0.3 is 0 Å². The predicted octanol–water partition coefficient (Wildman–Crippen LogP) is 3.13. The van der Waals surface area contributed by atoms with Crippen LogP contribution in [-0.4, -0.2) is 5.78 Å². The molecule has 1 atom stereocenters. The van der Waals surface area contributed by atoms with Crippen molar-refractivity contribution in [3.8, 4) is 0 Å². The number of benzene rings is 2. The van der Waals surface area contributed by atoms with Crippen LogP contribution in [0.15, 0.2) is 48.5 Å². The number of anilines is 1. The molecule has 18 heavy (non-hydrogen) atoms. The van der Waals surface area contributed by atoms with Crippen LogP contribution in [-0.2, 0) is 4.79 Å². The van der Waals surface area contributed by atoms with Crippen molar-refractivity contribution in [3.63, 3.8) is 0 Å². The molecule has 2 aromatic carbocycles. The lowest BCUT2D eigenvalue weighted by Gasteiger charge is -2.15. The van der Waals surface area contributed by atoms with Crippen molar-refractivity contribution in [1.29, 1.82) is 0 Å². The van der Waals surface area contributed by atoms with Crippen LogP contribution in [0.5, 0.6) is 0 Å². The van der Waals surface area contributed by atoms with E-state index in [1.807, 2.05) is 12.1 Å². The zero-order valence-corrected chi connectivity index (χ0v) is 10.1. The van der Waals surface area contributed by atoms with Gasteiger partial charge < -0.3 is 5.73 Å². The third kappa shape index (κ3) is 2.56. The van der Waals surface area contributed by atoms with Gasteiger partial charge in [0.1, 0.15) is 11.6 Å². The van der Waals surface area contributed by atoms with Gasteiger partial charge in [0.15, 0.2) is 0 Å². The fraction of sp³-hybridized carbons (Fsp3) is 0.133. The molecule has 2 nitrogen and oxygen atoms in total. The maximum atomic E-state index is 12.9. The second-order valence-corrected chi connectivity index (χ2v) is 4.26. The number of carbonyl (C=O) groups excluding carboxylic acids is 1. The van der Waals surface area contributed by atoms with Crippen molar-refractivity contribution in [2.24, 2.45) is 0 Å². The van der Waals surface area contributed by atoms with Crippen molar-refractivity contribution in [3.05, 3.63) is 65.5 Å². The molecule has 1 unspecified atom stereocenters. The Bertz CT molecular complexity index is 500. The summed E-state index contributed by atoms with van der Waals surface area (Å²) in [5, 5.41) is 0. The largest absolute Gasteiger partial charge is 0.399 e. The molecule has 0 saturated heterocycles. The summed E-state index contributed by atoms with van der Waals surface area (Å²) in [6.45, 7) is 1.53. The van der Waals surface area contributed by atoms with Gasteiger partial charge in [0.2, 0.25) is 0 Å². The predicted molar refractivity (Wildman–Crippen MR) is 69.8 cm³/mol. The molecule has 92 valence electrons. The average molecular weight is 243 g/mol. The first-order valence-electron chi connectivity index (χ1n) is 5.69. The Balaban J connectivity index is 2.43. The number of hydrogen-bond donors (Lipinski definition) is 1. The molecule has 0 aliphatic rings. The Morgan fingerprint density at radius 2 is 1.44 bits per heavy atom. The van der Waals surface area contributed by atoms with Gasteiger partial charge in [-0.15, -0.1) is 0 Å². The number of nitrogen functional groups attached to an aromatic ring is 1. The van der Waals surface area contributed by atoms with Gasteiger partial charge in [-0.25, -0.2) is 4.39 Å². The Hall–Kier alpha value is -2.16. The van der Waals surface area contributed by atoms with Crippen molar-refractivity contribution in [1.82, 2.24) is 0 Å². The number of halogens is 1. The summed E-state index contributed by atoms with van der Waals surface area (Å²) in [5.74, 6) is -0.657. The Morgan fingerprint density at radius 3 is 1.89 bits per heavy atom. The highest BCUT2D eigenvalue weighted by Crippen LogP contribution is 2.26. The van der Waals surface area contributed by atoms with Gasteiger partial charge in [-0.05, 0) is 42.3 Å². The first-order valence-corrected chi connectivity index (χ1v) is 5.69. The minimum Gasteiger partial charge on any atom is -0.399 e. The van der Waals surface area contributed by atoms with Crippen molar-refractivity contribution >= 4 is 11.5 Å². The second-order valence-electron chi connectivity index (χ2n) is 4.26. The van der Waals surface area contributed by atoms with Crippen LogP contribution >= 0.6 is 0 Å². The van der Waals surface area contributed by atoms with E-state index in [2.05, 4.69) is 0 Å². The maximum absolute atomic E-state index is 12.9. The van der Waals surface area contributed by atoms with Crippen molar-refractivity contribution < 1.29 is 9.18 Å². The highest BCUT2D eigenvalue weighted by Gasteiger charge is 2.18. The van der Waals surface area contributed by atoms with Crippen LogP contribution < -0.4 is 5.73 Å². The summed E-state index contributed by atoms with van der Waals surface area (Å²) in [7, 11) is 0. The van der Waals surface area contributed by atoms with Crippen molar-refractivity contribution in [2.75, 3.05) is 5.73 Å². The van der Waals surface area contributed by atoms with Crippen LogP contribution in [0.2, 0.25) is 0 Å². The molecule has 2 N–H and O–H groups in total. The molecule has 0 fully saturated rings. The van der Waals surface area contributed by atoms with E-state index in [4.69, 9.17) is 5.73 Å². The lowest BCUT2D eigenvalue weighted by Crippen LogP contribution is -2.10. The molecule has 2 aromatic rings. The Morgan fingerprint density at radius 1 is 1.00 bits per heavy atom. The monoisotopic (exact) mass is 243 g/mol. The van der Waals surface area contributed by atoms with E-state index in [9.17, 15) is 9.18 Å². The summed E-state index contributed by atoms with van der Waals surface area (Å²) in [5.41, 5.74) is 7.93. The third-order valence-electron chi connectivity index (χ3n) is 2.88. The standard InChI is InChI=1S/C15H14FNO/c1-10(18)15(11-2-6-13(16)7-3-11)12-4-8-14(17)9-5-12/h2-9,15H,17H2,1H3. The lowest BCUT2D eigenvalue weighted by molar-refractivity contribution is -0.117. The van der Waals surface area contributed by atoms with Gasteiger partial charge in [-0.2, -0.15) is 0 Å². The Labute approximate surface area is 105 Å². The zero-order chi connectivity index (χ0) is 13.1.